The Labute approximate surface area is 223 Å². The van der Waals surface area contributed by atoms with Crippen molar-refractivity contribution < 1.29 is 9.59 Å². The zero-order chi connectivity index (χ0) is 24.8. The van der Waals surface area contributed by atoms with E-state index >= 15 is 0 Å². The van der Waals surface area contributed by atoms with E-state index in [0.29, 0.717) is 38.8 Å². The first-order valence-corrected chi connectivity index (χ1v) is 13.7. The Bertz CT molecular complexity index is 1270. The van der Waals surface area contributed by atoms with Crippen LogP contribution in [0.15, 0.2) is 59.6 Å². The van der Waals surface area contributed by atoms with Crippen LogP contribution in [0, 0.1) is 0 Å². The van der Waals surface area contributed by atoms with E-state index < -0.39 is 0 Å². The summed E-state index contributed by atoms with van der Waals surface area (Å²) in [6.45, 7) is 2.51. The molecule has 9 heteroatoms. The minimum absolute atomic E-state index is 0.107. The van der Waals surface area contributed by atoms with Crippen LogP contribution in [0.3, 0.4) is 0 Å². The first kappa shape index (κ1) is 25.6. The lowest BCUT2D eigenvalue weighted by atomic mass is 10.1. The minimum Gasteiger partial charge on any atom is -0.302 e. The fourth-order valence-corrected chi connectivity index (χ4v) is 5.91. The van der Waals surface area contributed by atoms with Crippen LogP contribution in [-0.2, 0) is 22.4 Å². The Morgan fingerprint density at radius 3 is 2.71 bits per heavy atom. The number of aryl methyl sites for hydroxylation is 1. The van der Waals surface area contributed by atoms with Gasteiger partial charge in [0.05, 0.1) is 4.91 Å². The Morgan fingerprint density at radius 2 is 1.97 bits per heavy atom. The van der Waals surface area contributed by atoms with E-state index in [4.69, 9.17) is 23.8 Å². The maximum atomic E-state index is 12.8. The summed E-state index contributed by atoms with van der Waals surface area (Å²) < 4.78 is 0.524. The van der Waals surface area contributed by atoms with E-state index in [1.807, 2.05) is 42.5 Å². The predicted octanol–water partition coefficient (Wildman–Crippen LogP) is 6.57. The summed E-state index contributed by atoms with van der Waals surface area (Å²) >= 11 is 14.4. The first-order valence-electron chi connectivity index (χ1n) is 11.2. The van der Waals surface area contributed by atoms with E-state index in [9.17, 15) is 9.59 Å². The molecule has 0 unspecified atom stereocenters. The number of anilines is 1. The molecule has 1 aliphatic rings. The Kier molecular flexibility index (Phi) is 8.73. The highest BCUT2D eigenvalue weighted by Gasteiger charge is 2.31. The molecule has 2 amide bonds. The summed E-state index contributed by atoms with van der Waals surface area (Å²) in [6.07, 6.45) is 6.04. The lowest BCUT2D eigenvalue weighted by Crippen LogP contribution is -2.29. The van der Waals surface area contributed by atoms with Crippen molar-refractivity contribution in [3.63, 3.8) is 0 Å². The van der Waals surface area contributed by atoms with Crippen LogP contribution in [0.2, 0.25) is 5.02 Å². The van der Waals surface area contributed by atoms with Gasteiger partial charge in [-0.3, -0.25) is 14.5 Å². The molecule has 0 saturated carbocycles. The molecule has 0 bridgehead atoms. The van der Waals surface area contributed by atoms with Crippen LogP contribution in [0.4, 0.5) is 5.13 Å². The third-order valence-corrected chi connectivity index (χ3v) is 8.13. The van der Waals surface area contributed by atoms with Gasteiger partial charge in [-0.2, -0.15) is 0 Å². The largest absolute Gasteiger partial charge is 0.302 e. The smallest absolute Gasteiger partial charge is 0.266 e. The van der Waals surface area contributed by atoms with Gasteiger partial charge in [0.25, 0.3) is 5.91 Å². The summed E-state index contributed by atoms with van der Waals surface area (Å²) in [4.78, 5) is 32.7. The fraction of sp³-hybridized carbons (Fsp3) is 0.231. The fourth-order valence-electron chi connectivity index (χ4n) is 3.55. The highest BCUT2D eigenvalue weighted by Crippen LogP contribution is 2.33. The molecule has 2 aromatic carbocycles. The number of hydrogen-bond donors (Lipinski definition) is 1. The van der Waals surface area contributed by atoms with Crippen molar-refractivity contribution in [2.24, 2.45) is 0 Å². The molecular formula is C26H24ClN3O2S3. The second-order valence-electron chi connectivity index (χ2n) is 7.98. The highest BCUT2D eigenvalue weighted by atomic mass is 35.5. The summed E-state index contributed by atoms with van der Waals surface area (Å²) in [6, 6.07) is 15.8. The lowest BCUT2D eigenvalue weighted by molar-refractivity contribution is -0.122. The lowest BCUT2D eigenvalue weighted by Gasteiger charge is -2.13. The standard InChI is InChI=1S/C26H24ClN3O2S3/c1-2-17-9-11-18(12-10-17)14-22-24(32)30(26(33)35-22)13-5-8-23(31)29-25-28-16-20(34-25)15-19-6-3-4-7-21(19)27/h3-4,6-7,9-12,14,16H,2,5,8,13,15H2,1H3,(H,28,29,31). The molecule has 1 saturated heterocycles. The molecule has 0 spiro atoms. The van der Waals surface area contributed by atoms with E-state index in [1.165, 1.54) is 28.7 Å². The van der Waals surface area contributed by atoms with Crippen molar-refractivity contribution in [3.05, 3.63) is 86.2 Å². The highest BCUT2D eigenvalue weighted by molar-refractivity contribution is 8.26. The Balaban J connectivity index is 1.26. The van der Waals surface area contributed by atoms with E-state index in [2.05, 4.69) is 29.4 Å². The van der Waals surface area contributed by atoms with Crippen LogP contribution in [0.5, 0.6) is 0 Å². The second kappa shape index (κ2) is 11.9. The van der Waals surface area contributed by atoms with Crippen molar-refractivity contribution >= 4 is 74.3 Å². The van der Waals surface area contributed by atoms with Gasteiger partial charge in [-0.15, -0.1) is 11.3 Å². The molecule has 180 valence electrons. The Hall–Kier alpha value is -2.52. The molecule has 0 atom stereocenters. The number of nitrogens with one attached hydrogen (secondary N) is 1. The molecule has 4 rings (SSSR count). The molecule has 3 aromatic rings. The third-order valence-electron chi connectivity index (χ3n) is 5.47. The number of nitrogens with zero attached hydrogens (tertiary/aromatic N) is 2. The van der Waals surface area contributed by atoms with Gasteiger partial charge in [-0.25, -0.2) is 4.98 Å². The van der Waals surface area contributed by atoms with E-state index in [1.54, 1.807) is 11.1 Å². The molecular weight excluding hydrogens is 518 g/mol. The van der Waals surface area contributed by atoms with Crippen LogP contribution in [0.1, 0.15) is 41.3 Å². The van der Waals surface area contributed by atoms with Crippen molar-refractivity contribution in [1.82, 2.24) is 9.88 Å². The quantitative estimate of drug-likeness (QED) is 0.245. The topological polar surface area (TPSA) is 62.3 Å². The molecule has 1 aromatic heterocycles. The Morgan fingerprint density at radius 1 is 1.20 bits per heavy atom. The number of thioether (sulfide) groups is 1. The van der Waals surface area contributed by atoms with Gasteiger partial charge in [0.2, 0.25) is 5.91 Å². The van der Waals surface area contributed by atoms with Crippen LogP contribution in [0.25, 0.3) is 6.08 Å². The van der Waals surface area contributed by atoms with Gasteiger partial charge in [0.15, 0.2) is 5.13 Å². The first-order chi connectivity index (χ1) is 16.9. The maximum absolute atomic E-state index is 12.8. The average molecular weight is 542 g/mol. The van der Waals surface area contributed by atoms with Gasteiger partial charge in [0, 0.05) is 35.5 Å². The van der Waals surface area contributed by atoms with E-state index in [0.717, 1.165) is 22.4 Å². The van der Waals surface area contributed by atoms with Gasteiger partial charge in [0.1, 0.15) is 4.32 Å². The molecule has 2 heterocycles. The zero-order valence-corrected chi connectivity index (χ0v) is 22.3. The minimum atomic E-state index is -0.138. The summed E-state index contributed by atoms with van der Waals surface area (Å²) in [5.41, 5.74) is 3.24. The van der Waals surface area contributed by atoms with Gasteiger partial charge in [-0.05, 0) is 41.7 Å². The number of amides is 2. The number of hydrogen-bond acceptors (Lipinski definition) is 6. The number of halogens is 1. The molecule has 35 heavy (non-hydrogen) atoms. The molecule has 1 fully saturated rings. The normalized spacial score (nSPS) is 14.7. The van der Waals surface area contributed by atoms with Crippen molar-refractivity contribution in [3.8, 4) is 0 Å². The van der Waals surface area contributed by atoms with Crippen LogP contribution in [-0.4, -0.2) is 32.6 Å². The molecule has 0 aliphatic carbocycles. The summed E-state index contributed by atoms with van der Waals surface area (Å²) in [7, 11) is 0. The van der Waals surface area contributed by atoms with Crippen molar-refractivity contribution in [2.45, 2.75) is 32.6 Å². The van der Waals surface area contributed by atoms with Gasteiger partial charge < -0.3 is 5.32 Å². The van der Waals surface area contributed by atoms with Crippen LogP contribution >= 0.6 is 46.9 Å². The molecule has 0 radical (unpaired) electrons. The number of carbonyl (C=O) groups is 2. The summed E-state index contributed by atoms with van der Waals surface area (Å²) in [5.74, 6) is -0.246. The number of thiazole rings is 1. The number of aromatic nitrogens is 1. The zero-order valence-electron chi connectivity index (χ0n) is 19.1. The van der Waals surface area contributed by atoms with E-state index in [-0.39, 0.29) is 18.2 Å². The van der Waals surface area contributed by atoms with Crippen LogP contribution < -0.4 is 5.32 Å². The molecule has 5 nitrogen and oxygen atoms in total. The SMILES string of the molecule is CCc1ccc(C=C2SC(=S)N(CCCC(=O)Nc3ncc(Cc4ccccc4Cl)s3)C2=O)cc1. The van der Waals surface area contributed by atoms with Crippen molar-refractivity contribution in [2.75, 3.05) is 11.9 Å². The number of thiocarbonyl (C=S) groups is 1. The number of carbonyl (C=O) groups excluding carboxylic acids is 2. The van der Waals surface area contributed by atoms with Gasteiger partial charge in [-0.1, -0.05) is 85.0 Å². The van der Waals surface area contributed by atoms with Crippen molar-refractivity contribution in [1.29, 1.82) is 0 Å². The number of rotatable bonds is 9. The molecule has 1 N–H and O–H groups in total. The molecule has 1 aliphatic heterocycles. The monoisotopic (exact) mass is 541 g/mol. The third kappa shape index (κ3) is 6.79. The second-order valence-corrected chi connectivity index (χ2v) is 11.2. The maximum Gasteiger partial charge on any atom is 0.266 e. The van der Waals surface area contributed by atoms with Gasteiger partial charge >= 0.3 is 0 Å². The number of benzene rings is 2. The predicted molar refractivity (Wildman–Crippen MR) is 150 cm³/mol. The summed E-state index contributed by atoms with van der Waals surface area (Å²) in [5, 5.41) is 4.11. The average Bonchev–Trinajstić information content (AvgIpc) is 3.39.